The van der Waals surface area contributed by atoms with Crippen molar-refractivity contribution in [1.29, 1.82) is 0 Å². The lowest BCUT2D eigenvalue weighted by molar-refractivity contribution is -0.118. The number of rotatable bonds is 0. The zero-order valence-electron chi connectivity index (χ0n) is 9.73. The minimum atomic E-state index is 0.0948. The molecule has 3 nitrogen and oxygen atoms in total. The third-order valence-electron chi connectivity index (χ3n) is 4.63. The van der Waals surface area contributed by atoms with E-state index in [9.17, 15) is 4.79 Å². The first-order valence-corrected chi connectivity index (χ1v) is 6.51. The summed E-state index contributed by atoms with van der Waals surface area (Å²) in [6.45, 7) is 1.07. The number of fused-ring (bicyclic) bond motifs is 5. The Kier molecular flexibility index (Phi) is 1.82. The van der Waals surface area contributed by atoms with Crippen LogP contribution in [0.25, 0.3) is 0 Å². The van der Waals surface area contributed by atoms with Crippen LogP contribution in [0.3, 0.4) is 0 Å². The van der Waals surface area contributed by atoms with Crippen LogP contribution in [0.4, 0.5) is 11.4 Å². The fourth-order valence-electron chi connectivity index (χ4n) is 3.93. The third-order valence-corrected chi connectivity index (χ3v) is 4.63. The first-order chi connectivity index (χ1) is 8.34. The van der Waals surface area contributed by atoms with E-state index in [1.165, 1.54) is 24.9 Å². The van der Waals surface area contributed by atoms with Crippen LogP contribution >= 0.6 is 0 Å². The molecule has 0 spiro atoms. The van der Waals surface area contributed by atoms with Crippen molar-refractivity contribution >= 4 is 17.3 Å². The average Bonchev–Trinajstić information content (AvgIpc) is 2.88. The number of nitrogens with one attached hydrogen (secondary N) is 1. The van der Waals surface area contributed by atoms with Crippen LogP contribution < -0.4 is 10.2 Å². The van der Waals surface area contributed by atoms with Gasteiger partial charge >= 0.3 is 0 Å². The van der Waals surface area contributed by atoms with E-state index in [1.807, 2.05) is 12.1 Å². The molecule has 17 heavy (non-hydrogen) atoms. The number of nitrogens with zero attached hydrogens (tertiary/aromatic N) is 1. The van der Waals surface area contributed by atoms with E-state index >= 15 is 0 Å². The molecule has 2 fully saturated rings. The van der Waals surface area contributed by atoms with Crippen molar-refractivity contribution in [3.8, 4) is 0 Å². The molecule has 0 aromatic heterocycles. The largest absolute Gasteiger partial charge is 0.357 e. The highest BCUT2D eigenvalue weighted by atomic mass is 16.2. The number of benzene rings is 1. The van der Waals surface area contributed by atoms with E-state index in [1.54, 1.807) is 0 Å². The van der Waals surface area contributed by atoms with Gasteiger partial charge in [0.15, 0.2) is 0 Å². The third kappa shape index (κ3) is 1.20. The van der Waals surface area contributed by atoms with Crippen LogP contribution in [0, 0.1) is 11.8 Å². The number of carbonyl (C=O) groups excluding carboxylic acids is 1. The van der Waals surface area contributed by atoms with Gasteiger partial charge in [-0.05, 0) is 36.8 Å². The van der Waals surface area contributed by atoms with Gasteiger partial charge in [0.05, 0.1) is 11.4 Å². The summed E-state index contributed by atoms with van der Waals surface area (Å²) in [5, 5.41) is 3.06. The zero-order chi connectivity index (χ0) is 11.4. The Labute approximate surface area is 101 Å². The fraction of sp³-hybridized carbons (Fsp3) is 0.500. The fourth-order valence-corrected chi connectivity index (χ4v) is 3.93. The lowest BCUT2D eigenvalue weighted by Crippen LogP contribution is -2.46. The summed E-state index contributed by atoms with van der Waals surface area (Å²) in [5.74, 6) is 1.53. The van der Waals surface area contributed by atoms with Crippen LogP contribution in [0.5, 0.6) is 0 Å². The molecule has 2 heterocycles. The molecule has 88 valence electrons. The molecule has 3 aliphatic rings. The van der Waals surface area contributed by atoms with E-state index < -0.39 is 0 Å². The molecule has 3 heteroatoms. The Hall–Kier alpha value is -1.51. The van der Waals surface area contributed by atoms with Crippen LogP contribution in [0.15, 0.2) is 24.3 Å². The SMILES string of the molecule is O=C1Nc2ccccc2N2CC3CCCC3C12. The number of anilines is 2. The van der Waals surface area contributed by atoms with Gasteiger partial charge in [0.2, 0.25) is 5.91 Å². The van der Waals surface area contributed by atoms with E-state index in [0.29, 0.717) is 5.92 Å². The van der Waals surface area contributed by atoms with Crippen molar-refractivity contribution in [2.45, 2.75) is 25.3 Å². The van der Waals surface area contributed by atoms with Crippen LogP contribution in [0.2, 0.25) is 0 Å². The van der Waals surface area contributed by atoms with Gasteiger partial charge in [0.25, 0.3) is 0 Å². The monoisotopic (exact) mass is 228 g/mol. The summed E-state index contributed by atoms with van der Waals surface area (Å²) in [4.78, 5) is 14.6. The quantitative estimate of drug-likeness (QED) is 0.738. The number of para-hydroxylation sites is 2. The summed E-state index contributed by atoms with van der Waals surface area (Å²) in [6.07, 6.45) is 3.82. The van der Waals surface area contributed by atoms with Crippen molar-refractivity contribution in [2.24, 2.45) is 11.8 Å². The molecule has 0 bridgehead atoms. The zero-order valence-corrected chi connectivity index (χ0v) is 9.73. The number of hydrogen-bond acceptors (Lipinski definition) is 2. The normalized spacial score (nSPS) is 34.0. The molecular weight excluding hydrogens is 212 g/mol. The van der Waals surface area contributed by atoms with Crippen molar-refractivity contribution in [3.63, 3.8) is 0 Å². The smallest absolute Gasteiger partial charge is 0.247 e. The summed E-state index contributed by atoms with van der Waals surface area (Å²) in [5.41, 5.74) is 2.19. The molecule has 1 aliphatic carbocycles. The van der Waals surface area contributed by atoms with Gasteiger partial charge in [0, 0.05) is 6.54 Å². The molecule has 1 aromatic rings. The molecule has 2 aliphatic heterocycles. The minimum absolute atomic E-state index is 0.0948. The Morgan fingerprint density at radius 3 is 3.06 bits per heavy atom. The minimum Gasteiger partial charge on any atom is -0.357 e. The first kappa shape index (κ1) is 9.51. The van der Waals surface area contributed by atoms with Crippen LogP contribution in [-0.2, 0) is 4.79 Å². The van der Waals surface area contributed by atoms with E-state index in [0.717, 1.165) is 18.2 Å². The molecule has 1 aromatic carbocycles. The van der Waals surface area contributed by atoms with Gasteiger partial charge < -0.3 is 10.2 Å². The van der Waals surface area contributed by atoms with Gasteiger partial charge in [-0.15, -0.1) is 0 Å². The summed E-state index contributed by atoms with van der Waals surface area (Å²) < 4.78 is 0. The molecule has 1 saturated carbocycles. The van der Waals surface area contributed by atoms with Gasteiger partial charge in [-0.25, -0.2) is 0 Å². The van der Waals surface area contributed by atoms with Gasteiger partial charge in [-0.1, -0.05) is 18.6 Å². The highest BCUT2D eigenvalue weighted by Crippen LogP contribution is 2.47. The Morgan fingerprint density at radius 2 is 2.12 bits per heavy atom. The van der Waals surface area contributed by atoms with Crippen LogP contribution in [-0.4, -0.2) is 18.5 Å². The highest BCUT2D eigenvalue weighted by molar-refractivity contribution is 6.04. The molecule has 3 unspecified atom stereocenters. The van der Waals surface area contributed by atoms with Crippen LogP contribution in [0.1, 0.15) is 19.3 Å². The average molecular weight is 228 g/mol. The van der Waals surface area contributed by atoms with Crippen molar-refractivity contribution < 1.29 is 4.79 Å². The molecule has 0 radical (unpaired) electrons. The number of carbonyl (C=O) groups is 1. The molecular formula is C14H16N2O. The van der Waals surface area contributed by atoms with Crippen molar-refractivity contribution in [1.82, 2.24) is 0 Å². The van der Waals surface area contributed by atoms with Gasteiger partial charge in [-0.3, -0.25) is 4.79 Å². The summed E-state index contributed by atoms with van der Waals surface area (Å²) in [6, 6.07) is 8.26. The molecule has 3 atom stereocenters. The topological polar surface area (TPSA) is 32.3 Å². The lowest BCUT2D eigenvalue weighted by Gasteiger charge is -2.34. The molecule has 1 amide bonds. The first-order valence-electron chi connectivity index (χ1n) is 6.51. The standard InChI is InChI=1S/C14H16N2O/c17-14-13-10-5-3-4-9(10)8-16(13)12-7-2-1-6-11(12)15-14/h1-2,6-7,9-10,13H,3-5,8H2,(H,15,17). The Bertz CT molecular complexity index is 485. The molecule has 1 saturated heterocycles. The van der Waals surface area contributed by atoms with Gasteiger partial charge in [0.1, 0.15) is 6.04 Å². The maximum atomic E-state index is 12.2. The van der Waals surface area contributed by atoms with Crippen molar-refractivity contribution in [3.05, 3.63) is 24.3 Å². The summed E-state index contributed by atoms with van der Waals surface area (Å²) >= 11 is 0. The second kappa shape index (κ2) is 3.25. The lowest BCUT2D eigenvalue weighted by atomic mass is 9.92. The summed E-state index contributed by atoms with van der Waals surface area (Å²) in [7, 11) is 0. The van der Waals surface area contributed by atoms with E-state index in [4.69, 9.17) is 0 Å². The van der Waals surface area contributed by atoms with E-state index in [2.05, 4.69) is 22.3 Å². The van der Waals surface area contributed by atoms with Gasteiger partial charge in [-0.2, -0.15) is 0 Å². The van der Waals surface area contributed by atoms with Crippen molar-refractivity contribution in [2.75, 3.05) is 16.8 Å². The Morgan fingerprint density at radius 1 is 1.24 bits per heavy atom. The molecule has 1 N–H and O–H groups in total. The second-order valence-corrected chi connectivity index (χ2v) is 5.46. The predicted octanol–water partition coefficient (Wildman–Crippen LogP) is 2.24. The predicted molar refractivity (Wildman–Crippen MR) is 67.0 cm³/mol. The number of amides is 1. The second-order valence-electron chi connectivity index (χ2n) is 5.46. The molecule has 4 rings (SSSR count). The maximum absolute atomic E-state index is 12.2. The Balaban J connectivity index is 1.81. The maximum Gasteiger partial charge on any atom is 0.247 e. The van der Waals surface area contributed by atoms with E-state index in [-0.39, 0.29) is 11.9 Å². The number of hydrogen-bond donors (Lipinski definition) is 1. The highest BCUT2D eigenvalue weighted by Gasteiger charge is 2.49.